The number of anilines is 4. The molecule has 7 nitrogen and oxygen atoms in total. The minimum Gasteiger partial charge on any atom is -0.378 e. The summed E-state index contributed by atoms with van der Waals surface area (Å²) in [5.41, 5.74) is 2.11. The highest BCUT2D eigenvalue weighted by molar-refractivity contribution is 5.60. The Morgan fingerprint density at radius 1 is 1.26 bits per heavy atom. The maximum Gasteiger partial charge on any atom is 0.244 e. The molecule has 7 heteroatoms. The second-order valence-corrected chi connectivity index (χ2v) is 5.75. The lowest BCUT2D eigenvalue weighted by Crippen LogP contribution is -2.20. The zero-order valence-electron chi connectivity index (χ0n) is 13.5. The minimum absolute atomic E-state index is 0.244. The number of ether oxygens (including phenoxy) is 1. The average molecular weight is 314 g/mol. The van der Waals surface area contributed by atoms with Crippen LogP contribution in [0.15, 0.2) is 30.5 Å². The predicted octanol–water partition coefficient (Wildman–Crippen LogP) is 2.27. The molecule has 0 spiro atoms. The Morgan fingerprint density at radius 3 is 2.78 bits per heavy atom. The number of aromatic nitrogens is 3. The number of hydrogen-bond donors (Lipinski definition) is 2. The Labute approximate surface area is 136 Å². The monoisotopic (exact) mass is 314 g/mol. The molecular weight excluding hydrogens is 292 g/mol. The molecule has 122 valence electrons. The van der Waals surface area contributed by atoms with Crippen molar-refractivity contribution in [1.29, 1.82) is 0 Å². The quantitative estimate of drug-likeness (QED) is 0.847. The fourth-order valence-corrected chi connectivity index (χ4v) is 2.44. The number of nitrogens with zero attached hydrogens (tertiary/aromatic N) is 4. The summed E-state index contributed by atoms with van der Waals surface area (Å²) in [5.74, 6) is 1.17. The van der Waals surface area contributed by atoms with Gasteiger partial charge in [0.05, 0.1) is 12.3 Å². The van der Waals surface area contributed by atoms with Gasteiger partial charge in [-0.05, 0) is 37.1 Å². The van der Waals surface area contributed by atoms with Gasteiger partial charge in [0.1, 0.15) is 0 Å². The van der Waals surface area contributed by atoms with E-state index in [4.69, 9.17) is 4.74 Å². The van der Waals surface area contributed by atoms with Crippen LogP contribution in [-0.2, 0) is 4.74 Å². The molecule has 1 saturated heterocycles. The van der Waals surface area contributed by atoms with Crippen molar-refractivity contribution in [2.45, 2.75) is 18.9 Å². The van der Waals surface area contributed by atoms with Crippen molar-refractivity contribution in [2.75, 3.05) is 42.8 Å². The summed E-state index contributed by atoms with van der Waals surface area (Å²) in [6.07, 6.45) is 4.05. The van der Waals surface area contributed by atoms with E-state index in [-0.39, 0.29) is 6.10 Å². The molecule has 0 bridgehead atoms. The molecule has 1 aromatic heterocycles. The molecule has 2 heterocycles. The second-order valence-electron chi connectivity index (χ2n) is 5.75. The normalized spacial score (nSPS) is 17.0. The van der Waals surface area contributed by atoms with Gasteiger partial charge in [0.2, 0.25) is 5.95 Å². The standard InChI is InChI=1S/C16H22N6O/c1-22(2)13-7-5-12(6-8-13)19-15-11-18-21-16(20-15)17-10-14-4-3-9-23-14/h5-8,11,14H,3-4,9-10H2,1-2H3,(H2,17,19,20,21). The Kier molecular flexibility index (Phi) is 4.87. The van der Waals surface area contributed by atoms with Crippen LogP contribution in [-0.4, -0.2) is 48.5 Å². The van der Waals surface area contributed by atoms with Gasteiger partial charge in [-0.2, -0.15) is 10.1 Å². The fraction of sp³-hybridized carbons (Fsp3) is 0.438. The summed E-state index contributed by atoms with van der Waals surface area (Å²) in [6, 6.07) is 8.12. The van der Waals surface area contributed by atoms with Gasteiger partial charge in [-0.1, -0.05) is 0 Å². The van der Waals surface area contributed by atoms with Crippen LogP contribution in [0.4, 0.5) is 23.1 Å². The highest BCUT2D eigenvalue weighted by Crippen LogP contribution is 2.19. The van der Waals surface area contributed by atoms with Gasteiger partial charge < -0.3 is 20.3 Å². The molecule has 1 fully saturated rings. The first kappa shape index (κ1) is 15.5. The minimum atomic E-state index is 0.244. The number of nitrogens with one attached hydrogen (secondary N) is 2. The first-order valence-corrected chi connectivity index (χ1v) is 7.80. The summed E-state index contributed by atoms with van der Waals surface area (Å²) in [7, 11) is 4.03. The highest BCUT2D eigenvalue weighted by atomic mass is 16.5. The lowest BCUT2D eigenvalue weighted by molar-refractivity contribution is 0.120. The van der Waals surface area contributed by atoms with E-state index >= 15 is 0 Å². The smallest absolute Gasteiger partial charge is 0.244 e. The first-order chi connectivity index (χ1) is 11.2. The van der Waals surface area contributed by atoms with Crippen LogP contribution in [0.5, 0.6) is 0 Å². The van der Waals surface area contributed by atoms with E-state index in [1.807, 2.05) is 38.4 Å². The molecule has 3 rings (SSSR count). The summed E-state index contributed by atoms with van der Waals surface area (Å²) >= 11 is 0. The van der Waals surface area contributed by atoms with Crippen molar-refractivity contribution in [1.82, 2.24) is 15.2 Å². The fourth-order valence-electron chi connectivity index (χ4n) is 2.44. The molecule has 1 aliphatic heterocycles. The maximum atomic E-state index is 5.57. The van der Waals surface area contributed by atoms with Crippen LogP contribution in [0.2, 0.25) is 0 Å². The summed E-state index contributed by atoms with van der Waals surface area (Å²) < 4.78 is 5.57. The summed E-state index contributed by atoms with van der Waals surface area (Å²) in [4.78, 5) is 6.48. The van der Waals surface area contributed by atoms with Crippen molar-refractivity contribution in [3.8, 4) is 0 Å². The molecular formula is C16H22N6O. The molecule has 0 radical (unpaired) electrons. The van der Waals surface area contributed by atoms with Crippen LogP contribution in [0.3, 0.4) is 0 Å². The van der Waals surface area contributed by atoms with Crippen LogP contribution >= 0.6 is 0 Å². The maximum absolute atomic E-state index is 5.57. The van der Waals surface area contributed by atoms with Crippen molar-refractivity contribution in [3.05, 3.63) is 30.5 Å². The van der Waals surface area contributed by atoms with Crippen LogP contribution < -0.4 is 15.5 Å². The molecule has 2 aromatic rings. The summed E-state index contributed by atoms with van der Waals surface area (Å²) in [5, 5.41) is 14.4. The highest BCUT2D eigenvalue weighted by Gasteiger charge is 2.15. The van der Waals surface area contributed by atoms with E-state index < -0.39 is 0 Å². The van der Waals surface area contributed by atoms with Crippen LogP contribution in [0.1, 0.15) is 12.8 Å². The van der Waals surface area contributed by atoms with Crippen LogP contribution in [0.25, 0.3) is 0 Å². The molecule has 1 aromatic carbocycles. The number of rotatable bonds is 6. The number of hydrogen-bond acceptors (Lipinski definition) is 7. The molecule has 23 heavy (non-hydrogen) atoms. The van der Waals surface area contributed by atoms with Gasteiger partial charge in [-0.25, -0.2) is 0 Å². The average Bonchev–Trinajstić information content (AvgIpc) is 3.07. The Balaban J connectivity index is 1.60. The van der Waals surface area contributed by atoms with Crippen molar-refractivity contribution in [3.63, 3.8) is 0 Å². The largest absolute Gasteiger partial charge is 0.378 e. The van der Waals surface area contributed by atoms with Crippen LogP contribution in [0, 0.1) is 0 Å². The molecule has 1 atom stereocenters. The van der Waals surface area contributed by atoms with E-state index in [9.17, 15) is 0 Å². The number of benzene rings is 1. The second kappa shape index (κ2) is 7.23. The molecule has 0 aliphatic carbocycles. The van der Waals surface area contributed by atoms with Crippen molar-refractivity contribution in [2.24, 2.45) is 0 Å². The van der Waals surface area contributed by atoms with Gasteiger partial charge in [-0.15, -0.1) is 5.10 Å². The Hall–Kier alpha value is -2.41. The van der Waals surface area contributed by atoms with E-state index in [0.29, 0.717) is 18.3 Å². The van der Waals surface area contributed by atoms with Gasteiger partial charge in [0.25, 0.3) is 0 Å². The van der Waals surface area contributed by atoms with E-state index in [0.717, 1.165) is 30.8 Å². The van der Waals surface area contributed by atoms with E-state index in [1.165, 1.54) is 0 Å². The molecule has 2 N–H and O–H groups in total. The molecule has 1 unspecified atom stereocenters. The lowest BCUT2D eigenvalue weighted by Gasteiger charge is -2.13. The summed E-state index contributed by atoms with van der Waals surface area (Å²) in [6.45, 7) is 1.55. The van der Waals surface area contributed by atoms with Gasteiger partial charge in [0, 0.05) is 38.6 Å². The topological polar surface area (TPSA) is 75.2 Å². The van der Waals surface area contributed by atoms with Gasteiger partial charge in [-0.3, -0.25) is 0 Å². The Morgan fingerprint density at radius 2 is 2.09 bits per heavy atom. The Bertz CT molecular complexity index is 625. The third-order valence-corrected chi connectivity index (χ3v) is 3.73. The van der Waals surface area contributed by atoms with E-state index in [2.05, 4.69) is 30.7 Å². The zero-order chi connectivity index (χ0) is 16.1. The zero-order valence-corrected chi connectivity index (χ0v) is 13.5. The van der Waals surface area contributed by atoms with Gasteiger partial charge >= 0.3 is 0 Å². The van der Waals surface area contributed by atoms with E-state index in [1.54, 1.807) is 6.20 Å². The molecule has 0 amide bonds. The molecule has 1 aliphatic rings. The van der Waals surface area contributed by atoms with Gasteiger partial charge in [0.15, 0.2) is 5.82 Å². The molecule has 0 saturated carbocycles. The van der Waals surface area contributed by atoms with Crippen molar-refractivity contribution < 1.29 is 4.74 Å². The van der Waals surface area contributed by atoms with Crippen molar-refractivity contribution >= 4 is 23.1 Å². The predicted molar refractivity (Wildman–Crippen MR) is 91.3 cm³/mol. The SMILES string of the molecule is CN(C)c1ccc(Nc2cnnc(NCC3CCCO3)n2)cc1. The first-order valence-electron chi connectivity index (χ1n) is 7.80. The third-order valence-electron chi connectivity index (χ3n) is 3.73. The lowest BCUT2D eigenvalue weighted by atomic mass is 10.2. The third kappa shape index (κ3) is 4.29.